The van der Waals surface area contributed by atoms with Gasteiger partial charge < -0.3 is 15.5 Å². The van der Waals surface area contributed by atoms with Gasteiger partial charge in [0.25, 0.3) is 0 Å². The second-order valence-electron chi connectivity index (χ2n) is 3.88. The van der Waals surface area contributed by atoms with Crippen LogP contribution in [0.15, 0.2) is 24.3 Å². The van der Waals surface area contributed by atoms with Crippen molar-refractivity contribution in [3.05, 3.63) is 35.4 Å². The van der Waals surface area contributed by atoms with Gasteiger partial charge in [-0.2, -0.15) is 0 Å². The quantitative estimate of drug-likeness (QED) is 0.678. The molecule has 0 aliphatic rings. The molecule has 2 atom stereocenters. The first-order valence-corrected chi connectivity index (χ1v) is 5.22. The molecule has 0 heterocycles. The zero-order chi connectivity index (χ0) is 11.3. The third kappa shape index (κ3) is 4.00. The van der Waals surface area contributed by atoms with Crippen LogP contribution in [0.2, 0.25) is 0 Å². The summed E-state index contributed by atoms with van der Waals surface area (Å²) in [6, 6.07) is 8.45. The van der Waals surface area contributed by atoms with Crippen LogP contribution in [0, 0.1) is 6.92 Å². The van der Waals surface area contributed by atoms with Crippen LogP contribution in [0.5, 0.6) is 0 Å². The summed E-state index contributed by atoms with van der Waals surface area (Å²) in [6.07, 6.45) is -0.683. The lowest BCUT2D eigenvalue weighted by atomic mass is 10.1. The minimum Gasteiger partial charge on any atom is -0.394 e. The van der Waals surface area contributed by atoms with Crippen molar-refractivity contribution in [2.45, 2.75) is 26.0 Å². The van der Waals surface area contributed by atoms with Crippen LogP contribution < -0.4 is 5.32 Å². The van der Waals surface area contributed by atoms with E-state index in [1.165, 1.54) is 11.1 Å². The molecule has 0 saturated carbocycles. The smallest absolute Gasteiger partial charge is 0.0895 e. The molecular formula is C12H19NO2. The van der Waals surface area contributed by atoms with Crippen molar-refractivity contribution in [2.75, 3.05) is 13.2 Å². The molecule has 3 nitrogen and oxygen atoms in total. The third-order valence-corrected chi connectivity index (χ3v) is 2.45. The molecule has 1 aromatic carbocycles. The summed E-state index contributed by atoms with van der Waals surface area (Å²) in [5, 5.41) is 21.0. The number of aliphatic hydroxyl groups is 2. The van der Waals surface area contributed by atoms with E-state index in [0.717, 1.165) is 0 Å². The number of hydrogen-bond donors (Lipinski definition) is 3. The normalized spacial score (nSPS) is 14.9. The molecule has 0 radical (unpaired) electrons. The minimum atomic E-state index is -0.683. The number of hydrogen-bond acceptors (Lipinski definition) is 3. The monoisotopic (exact) mass is 209 g/mol. The number of nitrogens with one attached hydrogen (secondary N) is 1. The molecule has 15 heavy (non-hydrogen) atoms. The molecule has 84 valence electrons. The Bertz CT molecular complexity index is 284. The van der Waals surface area contributed by atoms with Gasteiger partial charge in [0.05, 0.1) is 12.7 Å². The maximum absolute atomic E-state index is 9.19. The van der Waals surface area contributed by atoms with Gasteiger partial charge in [0, 0.05) is 12.6 Å². The van der Waals surface area contributed by atoms with Crippen molar-refractivity contribution in [3.8, 4) is 0 Å². The fraction of sp³-hybridized carbons (Fsp3) is 0.500. The highest BCUT2D eigenvalue weighted by Crippen LogP contribution is 2.12. The highest BCUT2D eigenvalue weighted by molar-refractivity contribution is 5.23. The standard InChI is InChI=1S/C12H19NO2/c1-9-3-5-11(6-4-9)10(2)13-7-12(15)8-14/h3-6,10,12-15H,7-8H2,1-2H3/t10-,12+/m1/s1. The van der Waals surface area contributed by atoms with Crippen molar-refractivity contribution in [2.24, 2.45) is 0 Å². The summed E-state index contributed by atoms with van der Waals surface area (Å²) in [4.78, 5) is 0. The van der Waals surface area contributed by atoms with Crippen molar-refractivity contribution in [1.82, 2.24) is 5.32 Å². The molecule has 0 unspecified atom stereocenters. The summed E-state index contributed by atoms with van der Waals surface area (Å²) in [7, 11) is 0. The van der Waals surface area contributed by atoms with Crippen molar-refractivity contribution in [3.63, 3.8) is 0 Å². The molecule has 0 bridgehead atoms. The summed E-state index contributed by atoms with van der Waals surface area (Å²) >= 11 is 0. The van der Waals surface area contributed by atoms with Crippen LogP contribution in [0.25, 0.3) is 0 Å². The molecule has 0 spiro atoms. The predicted octanol–water partition coefficient (Wildman–Crippen LogP) is 0.999. The second-order valence-corrected chi connectivity index (χ2v) is 3.88. The zero-order valence-corrected chi connectivity index (χ0v) is 9.27. The summed E-state index contributed by atoms with van der Waals surface area (Å²) < 4.78 is 0. The first-order valence-electron chi connectivity index (χ1n) is 5.22. The molecule has 0 aliphatic heterocycles. The van der Waals surface area contributed by atoms with Gasteiger partial charge in [0.1, 0.15) is 0 Å². The van der Waals surface area contributed by atoms with E-state index < -0.39 is 6.10 Å². The molecule has 3 N–H and O–H groups in total. The van der Waals surface area contributed by atoms with Crippen LogP contribution in [0.3, 0.4) is 0 Å². The molecule has 0 amide bonds. The number of aryl methyl sites for hydroxylation is 1. The first kappa shape index (κ1) is 12.2. The average molecular weight is 209 g/mol. The average Bonchev–Trinajstić information content (AvgIpc) is 2.26. The van der Waals surface area contributed by atoms with Gasteiger partial charge in [-0.05, 0) is 19.4 Å². The van der Waals surface area contributed by atoms with Gasteiger partial charge in [-0.1, -0.05) is 29.8 Å². The molecule has 1 aromatic rings. The van der Waals surface area contributed by atoms with Crippen LogP contribution in [0.1, 0.15) is 24.1 Å². The van der Waals surface area contributed by atoms with Gasteiger partial charge >= 0.3 is 0 Å². The summed E-state index contributed by atoms with van der Waals surface area (Å²) in [5.41, 5.74) is 2.42. The fourth-order valence-electron chi connectivity index (χ4n) is 1.35. The van der Waals surface area contributed by atoms with E-state index in [4.69, 9.17) is 5.11 Å². The van der Waals surface area contributed by atoms with Gasteiger partial charge in [0.2, 0.25) is 0 Å². The maximum Gasteiger partial charge on any atom is 0.0895 e. The third-order valence-electron chi connectivity index (χ3n) is 2.45. The predicted molar refractivity (Wildman–Crippen MR) is 60.7 cm³/mol. The summed E-state index contributed by atoms with van der Waals surface area (Å²) in [5.74, 6) is 0. The number of rotatable bonds is 5. The van der Waals surface area contributed by atoms with E-state index in [1.807, 2.05) is 6.92 Å². The first-order chi connectivity index (χ1) is 7.13. The Morgan fingerprint density at radius 2 is 1.87 bits per heavy atom. The van der Waals surface area contributed by atoms with Gasteiger partial charge in [0.15, 0.2) is 0 Å². The molecule has 3 heteroatoms. The zero-order valence-electron chi connectivity index (χ0n) is 9.27. The van der Waals surface area contributed by atoms with Crippen LogP contribution in [-0.2, 0) is 0 Å². The lowest BCUT2D eigenvalue weighted by Crippen LogP contribution is -2.31. The largest absolute Gasteiger partial charge is 0.394 e. The van der Waals surface area contributed by atoms with E-state index in [9.17, 15) is 5.11 Å². The maximum atomic E-state index is 9.19. The number of benzene rings is 1. The van der Waals surface area contributed by atoms with Crippen molar-refractivity contribution >= 4 is 0 Å². The molecule has 0 saturated heterocycles. The topological polar surface area (TPSA) is 52.5 Å². The molecule has 0 aliphatic carbocycles. The lowest BCUT2D eigenvalue weighted by molar-refractivity contribution is 0.0924. The van der Waals surface area contributed by atoms with Crippen LogP contribution in [-0.4, -0.2) is 29.5 Å². The van der Waals surface area contributed by atoms with E-state index >= 15 is 0 Å². The van der Waals surface area contributed by atoms with Crippen LogP contribution >= 0.6 is 0 Å². The highest BCUT2D eigenvalue weighted by atomic mass is 16.3. The highest BCUT2D eigenvalue weighted by Gasteiger charge is 2.07. The Hall–Kier alpha value is -0.900. The Balaban J connectivity index is 2.46. The van der Waals surface area contributed by atoms with Gasteiger partial charge in [-0.3, -0.25) is 0 Å². The van der Waals surface area contributed by atoms with Gasteiger partial charge in [-0.25, -0.2) is 0 Å². The second kappa shape index (κ2) is 5.85. The van der Waals surface area contributed by atoms with Gasteiger partial charge in [-0.15, -0.1) is 0 Å². The van der Waals surface area contributed by atoms with E-state index in [2.05, 4.69) is 36.5 Å². The van der Waals surface area contributed by atoms with E-state index in [-0.39, 0.29) is 12.6 Å². The van der Waals surface area contributed by atoms with E-state index in [0.29, 0.717) is 6.54 Å². The number of aliphatic hydroxyl groups excluding tert-OH is 2. The minimum absolute atomic E-state index is 0.187. The lowest BCUT2D eigenvalue weighted by Gasteiger charge is -2.16. The molecular weight excluding hydrogens is 190 g/mol. The molecule has 1 rings (SSSR count). The Labute approximate surface area is 90.8 Å². The Morgan fingerprint density at radius 1 is 1.27 bits per heavy atom. The summed E-state index contributed by atoms with van der Waals surface area (Å²) in [6.45, 7) is 4.30. The van der Waals surface area contributed by atoms with Crippen LogP contribution in [0.4, 0.5) is 0 Å². The fourth-order valence-corrected chi connectivity index (χ4v) is 1.35. The SMILES string of the molecule is Cc1ccc([C@@H](C)NC[C@H](O)CO)cc1. The van der Waals surface area contributed by atoms with Crippen molar-refractivity contribution in [1.29, 1.82) is 0 Å². The Morgan fingerprint density at radius 3 is 2.40 bits per heavy atom. The molecule has 0 aromatic heterocycles. The van der Waals surface area contributed by atoms with Crippen molar-refractivity contribution < 1.29 is 10.2 Å². The van der Waals surface area contributed by atoms with E-state index in [1.54, 1.807) is 0 Å². The Kier molecular flexibility index (Phi) is 4.75. The molecule has 0 fully saturated rings.